The first-order valence-corrected chi connectivity index (χ1v) is 11.5. The minimum atomic E-state index is 0.247. The third-order valence-electron chi connectivity index (χ3n) is 6.26. The molecule has 0 aliphatic carbocycles. The van der Waals surface area contributed by atoms with E-state index in [1.807, 2.05) is 6.26 Å². The smallest absolute Gasteiger partial charge is 0.240 e. The summed E-state index contributed by atoms with van der Waals surface area (Å²) in [5, 5.41) is 4.03. The van der Waals surface area contributed by atoms with Crippen LogP contribution in [0.2, 0.25) is 0 Å². The van der Waals surface area contributed by atoms with Gasteiger partial charge >= 0.3 is 0 Å². The van der Waals surface area contributed by atoms with Gasteiger partial charge in [-0.1, -0.05) is 5.16 Å². The van der Waals surface area contributed by atoms with Crippen molar-refractivity contribution >= 4 is 17.7 Å². The van der Waals surface area contributed by atoms with E-state index >= 15 is 0 Å². The highest BCUT2D eigenvalue weighted by atomic mass is 32.2. The first kappa shape index (κ1) is 19.2. The topological polar surface area (TPSA) is 71.7 Å². The summed E-state index contributed by atoms with van der Waals surface area (Å²) in [6.45, 7) is 5.32. The maximum atomic E-state index is 12.4. The Hall–Kier alpha value is -1.12. The fourth-order valence-electron chi connectivity index (χ4n) is 4.63. The number of aromatic nitrogens is 2. The van der Waals surface area contributed by atoms with Gasteiger partial charge in [-0.3, -0.25) is 9.69 Å². The van der Waals surface area contributed by atoms with Crippen molar-refractivity contribution in [3.8, 4) is 0 Å². The Kier molecular flexibility index (Phi) is 6.04. The third kappa shape index (κ3) is 4.66. The van der Waals surface area contributed by atoms with E-state index in [2.05, 4.69) is 19.9 Å². The molecule has 3 saturated heterocycles. The van der Waals surface area contributed by atoms with Gasteiger partial charge in [-0.2, -0.15) is 16.7 Å². The van der Waals surface area contributed by atoms with E-state index in [0.717, 1.165) is 83.0 Å². The average molecular weight is 395 g/mol. The van der Waals surface area contributed by atoms with Crippen molar-refractivity contribution in [1.29, 1.82) is 0 Å². The molecule has 27 heavy (non-hydrogen) atoms. The number of carbonyl (C=O) groups is 1. The van der Waals surface area contributed by atoms with Crippen LogP contribution in [0.4, 0.5) is 0 Å². The van der Waals surface area contributed by atoms with Crippen LogP contribution in [0.3, 0.4) is 0 Å². The molecule has 1 aromatic rings. The number of thioether (sulfide) groups is 1. The molecule has 1 atom stereocenters. The van der Waals surface area contributed by atoms with Crippen molar-refractivity contribution in [2.24, 2.45) is 5.41 Å². The highest BCUT2D eigenvalue weighted by Crippen LogP contribution is 2.40. The van der Waals surface area contributed by atoms with E-state index in [9.17, 15) is 4.79 Å². The number of carbonyl (C=O) groups excluding carboxylic acids is 1. The van der Waals surface area contributed by atoms with Gasteiger partial charge in [0.25, 0.3) is 0 Å². The van der Waals surface area contributed by atoms with E-state index in [1.54, 1.807) is 11.8 Å². The number of ether oxygens (including phenoxy) is 1. The van der Waals surface area contributed by atoms with Crippen LogP contribution in [0.1, 0.15) is 50.2 Å². The third-order valence-corrected chi connectivity index (χ3v) is 6.80. The highest BCUT2D eigenvalue weighted by Gasteiger charge is 2.41. The lowest BCUT2D eigenvalue weighted by Crippen LogP contribution is -2.52. The zero-order chi connectivity index (χ0) is 18.7. The SMILES string of the molecule is CSCc1noc(CN2CCC3(CCC(=O)N(C[C@H]4CCCO4)C3)CC2)n1. The Balaban J connectivity index is 1.29. The molecule has 0 N–H and O–H groups in total. The molecule has 3 fully saturated rings. The molecule has 7 nitrogen and oxygen atoms in total. The number of likely N-dealkylation sites (tertiary alicyclic amines) is 2. The van der Waals surface area contributed by atoms with Crippen molar-refractivity contribution in [3.63, 3.8) is 0 Å². The Morgan fingerprint density at radius 3 is 2.89 bits per heavy atom. The van der Waals surface area contributed by atoms with Gasteiger partial charge in [0.1, 0.15) is 0 Å². The number of hydrogen-bond donors (Lipinski definition) is 0. The van der Waals surface area contributed by atoms with Crippen molar-refractivity contribution < 1.29 is 14.1 Å². The molecule has 1 amide bonds. The summed E-state index contributed by atoms with van der Waals surface area (Å²) in [7, 11) is 0. The van der Waals surface area contributed by atoms with Gasteiger partial charge in [-0.15, -0.1) is 0 Å². The largest absolute Gasteiger partial charge is 0.376 e. The molecule has 1 aromatic heterocycles. The van der Waals surface area contributed by atoms with Gasteiger partial charge in [-0.05, 0) is 56.9 Å². The van der Waals surface area contributed by atoms with Crippen LogP contribution in [-0.2, 0) is 21.8 Å². The van der Waals surface area contributed by atoms with E-state index in [4.69, 9.17) is 9.26 Å². The van der Waals surface area contributed by atoms with Crippen LogP contribution in [0.15, 0.2) is 4.52 Å². The maximum Gasteiger partial charge on any atom is 0.240 e. The molecule has 8 heteroatoms. The summed E-state index contributed by atoms with van der Waals surface area (Å²) in [4.78, 5) is 21.4. The van der Waals surface area contributed by atoms with Crippen molar-refractivity contribution in [3.05, 3.63) is 11.7 Å². The summed E-state index contributed by atoms with van der Waals surface area (Å²) in [5.41, 5.74) is 0.280. The monoisotopic (exact) mass is 394 g/mol. The Morgan fingerprint density at radius 1 is 1.30 bits per heavy atom. The molecule has 0 bridgehead atoms. The molecule has 0 unspecified atom stereocenters. The van der Waals surface area contributed by atoms with E-state index in [1.165, 1.54) is 0 Å². The quantitative estimate of drug-likeness (QED) is 0.733. The van der Waals surface area contributed by atoms with Crippen LogP contribution >= 0.6 is 11.8 Å². The molecule has 1 spiro atoms. The normalized spacial score (nSPS) is 26.2. The predicted molar refractivity (Wildman–Crippen MR) is 103 cm³/mol. The lowest BCUT2D eigenvalue weighted by atomic mass is 9.72. The van der Waals surface area contributed by atoms with Crippen LogP contribution in [0.5, 0.6) is 0 Å². The van der Waals surface area contributed by atoms with E-state index in [-0.39, 0.29) is 11.5 Å². The molecule has 4 rings (SSSR count). The van der Waals surface area contributed by atoms with Gasteiger partial charge in [0.2, 0.25) is 11.8 Å². The van der Waals surface area contributed by atoms with Gasteiger partial charge in [-0.25, -0.2) is 0 Å². The molecular formula is C19H30N4O3S. The van der Waals surface area contributed by atoms with Crippen LogP contribution in [0.25, 0.3) is 0 Å². The summed E-state index contributed by atoms with van der Waals surface area (Å²) in [6.07, 6.45) is 8.49. The highest BCUT2D eigenvalue weighted by molar-refractivity contribution is 7.97. The maximum absolute atomic E-state index is 12.4. The van der Waals surface area contributed by atoms with Crippen molar-refractivity contribution in [2.75, 3.05) is 39.0 Å². The van der Waals surface area contributed by atoms with Gasteiger partial charge < -0.3 is 14.2 Å². The van der Waals surface area contributed by atoms with Gasteiger partial charge in [0.05, 0.1) is 18.4 Å². The number of hydrogen-bond acceptors (Lipinski definition) is 7. The molecule has 0 aromatic carbocycles. The van der Waals surface area contributed by atoms with Gasteiger partial charge in [0, 0.05) is 26.1 Å². The number of rotatable bonds is 6. The second-order valence-electron chi connectivity index (χ2n) is 8.22. The van der Waals surface area contributed by atoms with E-state index in [0.29, 0.717) is 18.2 Å². The minimum absolute atomic E-state index is 0.247. The van der Waals surface area contributed by atoms with Crippen LogP contribution in [0, 0.1) is 5.41 Å². The van der Waals surface area contributed by atoms with Crippen molar-refractivity contribution in [1.82, 2.24) is 19.9 Å². The second kappa shape index (κ2) is 8.49. The number of piperidine rings is 2. The second-order valence-corrected chi connectivity index (χ2v) is 9.09. The lowest BCUT2D eigenvalue weighted by Gasteiger charge is -2.47. The molecule has 3 aliphatic rings. The minimum Gasteiger partial charge on any atom is -0.376 e. The van der Waals surface area contributed by atoms with E-state index < -0.39 is 0 Å². The summed E-state index contributed by atoms with van der Waals surface area (Å²) in [6, 6.07) is 0. The Morgan fingerprint density at radius 2 is 2.15 bits per heavy atom. The summed E-state index contributed by atoms with van der Waals surface area (Å²) in [5.74, 6) is 2.60. The Bertz CT molecular complexity index is 639. The predicted octanol–water partition coefficient (Wildman–Crippen LogP) is 2.32. The fraction of sp³-hybridized carbons (Fsp3) is 0.842. The zero-order valence-electron chi connectivity index (χ0n) is 16.2. The van der Waals surface area contributed by atoms with Crippen molar-refractivity contribution in [2.45, 2.75) is 56.9 Å². The number of nitrogens with zero attached hydrogens (tertiary/aromatic N) is 4. The lowest BCUT2D eigenvalue weighted by molar-refractivity contribution is -0.141. The molecule has 4 heterocycles. The first-order valence-electron chi connectivity index (χ1n) is 10.1. The average Bonchev–Trinajstić information content (AvgIpc) is 3.33. The number of amides is 1. The molecule has 150 valence electrons. The molecule has 0 radical (unpaired) electrons. The van der Waals surface area contributed by atoms with Crippen LogP contribution < -0.4 is 0 Å². The molecule has 0 saturated carbocycles. The first-order chi connectivity index (χ1) is 13.2. The Labute approximate surface area is 165 Å². The molecular weight excluding hydrogens is 364 g/mol. The zero-order valence-corrected chi connectivity index (χ0v) is 17.0. The van der Waals surface area contributed by atoms with Gasteiger partial charge in [0.15, 0.2) is 5.82 Å². The summed E-state index contributed by atoms with van der Waals surface area (Å²) >= 11 is 1.70. The fourth-order valence-corrected chi connectivity index (χ4v) is 5.01. The molecule has 3 aliphatic heterocycles. The summed E-state index contributed by atoms with van der Waals surface area (Å²) < 4.78 is 11.1. The van der Waals surface area contributed by atoms with Crippen LogP contribution in [-0.4, -0.2) is 71.0 Å². The standard InChI is InChI=1S/C19H30N4O3S/c1-27-13-16-20-17(26-21-16)12-22-8-6-19(7-9-22)5-4-18(24)23(14-19)11-15-3-2-10-25-15/h15H,2-14H2,1H3/t15-/m1/s1.